The number of carbonyl (C=O) groups is 4. The molecule has 0 aromatic heterocycles. The van der Waals surface area contributed by atoms with E-state index in [-0.39, 0.29) is 38.2 Å². The molecule has 3 amide bonds. The molecule has 0 radical (unpaired) electrons. The molecule has 0 aliphatic heterocycles. The minimum atomic E-state index is -0.958. The van der Waals surface area contributed by atoms with Crippen molar-refractivity contribution in [2.45, 2.75) is 51.1 Å². The summed E-state index contributed by atoms with van der Waals surface area (Å²) in [7, 11) is 0. The number of carboxylic acid groups (broad SMARTS) is 1. The molecule has 0 fully saturated rings. The molecule has 0 unspecified atom stereocenters. The second kappa shape index (κ2) is 15.6. The van der Waals surface area contributed by atoms with Crippen LogP contribution in [0.4, 0.5) is 0 Å². The van der Waals surface area contributed by atoms with Gasteiger partial charge in [-0.2, -0.15) is 0 Å². The van der Waals surface area contributed by atoms with Gasteiger partial charge in [0, 0.05) is 32.9 Å². The number of guanidine groups is 1. The predicted octanol–water partition coefficient (Wildman–Crippen LogP) is 1.13. The van der Waals surface area contributed by atoms with Crippen molar-refractivity contribution >= 4 is 29.7 Å². The molecule has 2 aromatic carbocycles. The number of carbonyl (C=O) groups excluding carboxylic acids is 3. The van der Waals surface area contributed by atoms with Crippen LogP contribution in [0, 0.1) is 5.41 Å². The van der Waals surface area contributed by atoms with Crippen molar-refractivity contribution in [3.8, 4) is 11.1 Å². The average molecular weight is 525 g/mol. The second-order valence-electron chi connectivity index (χ2n) is 8.85. The zero-order valence-corrected chi connectivity index (χ0v) is 21.5. The van der Waals surface area contributed by atoms with Gasteiger partial charge in [-0.05, 0) is 36.0 Å². The number of hydrogen-bond acceptors (Lipinski definition) is 5. The van der Waals surface area contributed by atoms with Gasteiger partial charge in [0.15, 0.2) is 5.96 Å². The molecule has 38 heavy (non-hydrogen) atoms. The van der Waals surface area contributed by atoms with E-state index in [2.05, 4.69) is 21.3 Å². The normalized spacial score (nSPS) is 12.0. The summed E-state index contributed by atoms with van der Waals surface area (Å²) in [5, 5.41) is 26.7. The van der Waals surface area contributed by atoms with Gasteiger partial charge in [0.1, 0.15) is 12.1 Å². The minimum absolute atomic E-state index is 0.0862. The zero-order chi connectivity index (χ0) is 27.9. The molecule has 11 heteroatoms. The number of amides is 3. The topological polar surface area (TPSA) is 186 Å². The maximum absolute atomic E-state index is 13.1. The average Bonchev–Trinajstić information content (AvgIpc) is 2.88. The lowest BCUT2D eigenvalue weighted by atomic mass is 10.00. The smallest absolute Gasteiger partial charge is 0.303 e. The quantitative estimate of drug-likeness (QED) is 0.103. The number of carboxylic acids is 1. The van der Waals surface area contributed by atoms with Crippen LogP contribution in [-0.2, 0) is 25.6 Å². The summed E-state index contributed by atoms with van der Waals surface area (Å²) in [6, 6.07) is 15.7. The number of benzene rings is 2. The van der Waals surface area contributed by atoms with Gasteiger partial charge in [-0.15, -0.1) is 0 Å². The van der Waals surface area contributed by atoms with Gasteiger partial charge >= 0.3 is 5.97 Å². The summed E-state index contributed by atoms with van der Waals surface area (Å²) >= 11 is 0. The molecule has 0 heterocycles. The van der Waals surface area contributed by atoms with Crippen molar-refractivity contribution in [3.63, 3.8) is 0 Å². The van der Waals surface area contributed by atoms with Gasteiger partial charge in [0.2, 0.25) is 17.7 Å². The van der Waals surface area contributed by atoms with Crippen LogP contribution >= 0.6 is 0 Å². The van der Waals surface area contributed by atoms with Gasteiger partial charge in [0.25, 0.3) is 0 Å². The largest absolute Gasteiger partial charge is 0.481 e. The van der Waals surface area contributed by atoms with Crippen LogP contribution in [0.15, 0.2) is 54.6 Å². The van der Waals surface area contributed by atoms with Crippen LogP contribution < -0.4 is 27.0 Å². The van der Waals surface area contributed by atoms with Gasteiger partial charge in [-0.3, -0.25) is 24.6 Å². The fourth-order valence-electron chi connectivity index (χ4n) is 3.80. The summed E-state index contributed by atoms with van der Waals surface area (Å²) in [6.45, 7) is 1.80. The highest BCUT2D eigenvalue weighted by molar-refractivity contribution is 5.92. The molecule has 0 bridgehead atoms. The third-order valence-electron chi connectivity index (χ3n) is 5.68. The molecule has 0 aliphatic rings. The third kappa shape index (κ3) is 11.1. The highest BCUT2D eigenvalue weighted by Crippen LogP contribution is 2.20. The van der Waals surface area contributed by atoms with Gasteiger partial charge < -0.3 is 32.1 Å². The first kappa shape index (κ1) is 29.8. The molecule has 11 nitrogen and oxygen atoms in total. The Bertz CT molecular complexity index is 1090. The number of aliphatic carboxylic acids is 1. The van der Waals surface area contributed by atoms with Gasteiger partial charge in [-0.25, -0.2) is 0 Å². The fraction of sp³-hybridized carbons (Fsp3) is 0.370. The Labute approximate surface area is 222 Å². The first-order chi connectivity index (χ1) is 18.2. The van der Waals surface area contributed by atoms with E-state index in [1.54, 1.807) is 0 Å². The van der Waals surface area contributed by atoms with Crippen LogP contribution in [0.3, 0.4) is 0 Å². The SMILES string of the molecule is CC(=O)N[C@@H](CCCNC(=N)N)C(=O)N[C@@H](Cc1ccc(-c2ccccc2)cc1)C(=O)NCCCC(=O)O. The Morgan fingerprint density at radius 1 is 0.842 bits per heavy atom. The van der Waals surface area contributed by atoms with E-state index in [0.717, 1.165) is 16.7 Å². The van der Waals surface area contributed by atoms with Crippen molar-refractivity contribution < 1.29 is 24.3 Å². The molecule has 0 aliphatic carbocycles. The Morgan fingerprint density at radius 2 is 1.47 bits per heavy atom. The molecule has 8 N–H and O–H groups in total. The van der Waals surface area contributed by atoms with Crippen LogP contribution in [0.25, 0.3) is 11.1 Å². The number of hydrogen-bond donors (Lipinski definition) is 7. The van der Waals surface area contributed by atoms with Crippen molar-refractivity contribution in [1.82, 2.24) is 21.3 Å². The van der Waals surface area contributed by atoms with E-state index in [4.69, 9.17) is 16.2 Å². The maximum atomic E-state index is 13.1. The van der Waals surface area contributed by atoms with Gasteiger partial charge in [0.05, 0.1) is 0 Å². The molecule has 0 spiro atoms. The zero-order valence-electron chi connectivity index (χ0n) is 21.5. The molecule has 0 saturated heterocycles. The number of nitrogens with one attached hydrogen (secondary N) is 5. The lowest BCUT2D eigenvalue weighted by Crippen LogP contribution is -2.54. The van der Waals surface area contributed by atoms with Crippen LogP contribution in [-0.4, -0.2) is 59.9 Å². The highest BCUT2D eigenvalue weighted by Gasteiger charge is 2.26. The molecule has 204 valence electrons. The first-order valence-electron chi connectivity index (χ1n) is 12.4. The van der Waals surface area contributed by atoms with E-state index >= 15 is 0 Å². The predicted molar refractivity (Wildman–Crippen MR) is 144 cm³/mol. The van der Waals surface area contributed by atoms with E-state index < -0.39 is 35.8 Å². The van der Waals surface area contributed by atoms with Crippen molar-refractivity contribution in [2.75, 3.05) is 13.1 Å². The molecular formula is C27H36N6O5. The van der Waals surface area contributed by atoms with Crippen molar-refractivity contribution in [2.24, 2.45) is 5.73 Å². The highest BCUT2D eigenvalue weighted by atomic mass is 16.4. The number of nitrogens with two attached hydrogens (primary N) is 1. The standard InChI is InChI=1S/C27H36N6O5/c1-18(34)32-22(9-5-16-31-27(28)29)26(38)33-23(25(37)30-15-6-10-24(35)36)17-19-11-13-21(14-12-19)20-7-3-2-4-8-20/h2-4,7-8,11-14,22-23H,5-6,9-10,15-17H2,1H3,(H,30,37)(H,32,34)(H,33,38)(H,35,36)(H4,28,29,31)/t22-,23-/m0/s1. The molecule has 0 saturated carbocycles. The van der Waals surface area contributed by atoms with E-state index in [9.17, 15) is 19.2 Å². The first-order valence-corrected chi connectivity index (χ1v) is 12.4. The lowest BCUT2D eigenvalue weighted by molar-refractivity contribution is -0.137. The summed E-state index contributed by atoms with van der Waals surface area (Å²) in [5.41, 5.74) is 8.16. The summed E-state index contributed by atoms with van der Waals surface area (Å²) in [6.07, 6.45) is 1.09. The van der Waals surface area contributed by atoms with E-state index in [0.29, 0.717) is 13.0 Å². The Balaban J connectivity index is 2.13. The van der Waals surface area contributed by atoms with Crippen LogP contribution in [0.1, 0.15) is 38.2 Å². The monoisotopic (exact) mass is 524 g/mol. The molecular weight excluding hydrogens is 488 g/mol. The Kier molecular flexibility index (Phi) is 12.3. The second-order valence-corrected chi connectivity index (χ2v) is 8.85. The van der Waals surface area contributed by atoms with Crippen molar-refractivity contribution in [3.05, 3.63) is 60.2 Å². The molecule has 2 aromatic rings. The van der Waals surface area contributed by atoms with Crippen LogP contribution in [0.5, 0.6) is 0 Å². The van der Waals surface area contributed by atoms with Crippen LogP contribution in [0.2, 0.25) is 0 Å². The van der Waals surface area contributed by atoms with Gasteiger partial charge in [-0.1, -0.05) is 54.6 Å². The molecule has 2 atom stereocenters. The summed E-state index contributed by atoms with van der Waals surface area (Å²) in [4.78, 5) is 48.6. The fourth-order valence-corrected chi connectivity index (χ4v) is 3.80. The Hall–Kier alpha value is -4.41. The minimum Gasteiger partial charge on any atom is -0.481 e. The van der Waals surface area contributed by atoms with Crippen molar-refractivity contribution in [1.29, 1.82) is 5.41 Å². The Morgan fingerprint density at radius 3 is 2.08 bits per heavy atom. The lowest BCUT2D eigenvalue weighted by Gasteiger charge is -2.23. The number of rotatable bonds is 15. The summed E-state index contributed by atoms with van der Waals surface area (Å²) in [5.74, 6) is -2.51. The maximum Gasteiger partial charge on any atom is 0.303 e. The van der Waals surface area contributed by atoms with E-state index in [1.165, 1.54) is 6.92 Å². The third-order valence-corrected chi connectivity index (χ3v) is 5.68. The van der Waals surface area contributed by atoms with E-state index in [1.807, 2.05) is 54.6 Å². The molecule has 2 rings (SSSR count). The summed E-state index contributed by atoms with van der Waals surface area (Å²) < 4.78 is 0.